The normalized spacial score (nSPS) is 21.0. The van der Waals surface area contributed by atoms with Crippen LogP contribution in [0.3, 0.4) is 0 Å². The number of carbonyl (C=O) groups excluding carboxylic acids is 1. The zero-order valence-electron chi connectivity index (χ0n) is 30.2. The first-order chi connectivity index (χ1) is 25.6. The van der Waals surface area contributed by atoms with Crippen molar-refractivity contribution in [3.63, 3.8) is 0 Å². The number of benzene rings is 3. The lowest BCUT2D eigenvalue weighted by Gasteiger charge is -2.23. The lowest BCUT2D eigenvalue weighted by molar-refractivity contribution is -0.147. The highest BCUT2D eigenvalue weighted by Gasteiger charge is 2.40. The van der Waals surface area contributed by atoms with Crippen LogP contribution in [0.4, 0.5) is 5.69 Å². The van der Waals surface area contributed by atoms with Gasteiger partial charge in [-0.15, -0.1) is 0 Å². The molecule has 4 N–H and O–H groups in total. The third kappa shape index (κ3) is 7.69. The lowest BCUT2D eigenvalue weighted by atomic mass is 9.90. The van der Waals surface area contributed by atoms with E-state index in [-0.39, 0.29) is 18.0 Å². The summed E-state index contributed by atoms with van der Waals surface area (Å²) in [6, 6.07) is 20.4. The molecule has 1 amide bonds. The zero-order chi connectivity index (χ0) is 37.3. The molecule has 53 heavy (non-hydrogen) atoms. The van der Waals surface area contributed by atoms with Crippen molar-refractivity contribution in [3.8, 4) is 34.0 Å². The van der Waals surface area contributed by atoms with Gasteiger partial charge in [0.1, 0.15) is 5.75 Å². The van der Waals surface area contributed by atoms with Crippen LogP contribution in [-0.2, 0) is 29.1 Å². The van der Waals surface area contributed by atoms with E-state index in [1.165, 1.54) is 11.1 Å². The average molecular weight is 759 g/mol. The van der Waals surface area contributed by atoms with Gasteiger partial charge in [-0.05, 0) is 68.0 Å². The third-order valence-corrected chi connectivity index (χ3v) is 11.6. The molecule has 2 fully saturated rings. The second-order valence-electron chi connectivity index (χ2n) is 14.5. The number of hydrogen-bond donors (Lipinski definition) is 4. The van der Waals surface area contributed by atoms with Gasteiger partial charge in [-0.1, -0.05) is 65.7 Å². The SMILES string of the molecule is COc1cc(N[C@H]2CCc3c(-c4cccc(-c5ccc(CNC[C@@H]6CCC(=O)N6)c(OC)n5)c4Cl)cccc32)c(Cl)cc1CN1CC[C@@](C)(C(=O)O)C1. The number of nitrogens with one attached hydrogen (secondary N) is 3. The van der Waals surface area contributed by atoms with Crippen LogP contribution >= 0.6 is 23.2 Å². The molecule has 12 heteroatoms. The molecular weight excluding hydrogens is 713 g/mol. The molecule has 0 bridgehead atoms. The van der Waals surface area contributed by atoms with Crippen molar-refractivity contribution >= 4 is 40.8 Å². The molecule has 2 saturated heterocycles. The molecular formula is C41H45Cl2N5O5. The molecule has 1 aliphatic carbocycles. The smallest absolute Gasteiger partial charge is 0.310 e. The number of methoxy groups -OCH3 is 2. The number of carboxylic acids is 1. The summed E-state index contributed by atoms with van der Waals surface area (Å²) in [6.07, 6.45) is 3.78. The fourth-order valence-electron chi connectivity index (χ4n) is 7.95. The van der Waals surface area contributed by atoms with E-state index in [9.17, 15) is 14.7 Å². The van der Waals surface area contributed by atoms with E-state index in [0.717, 1.165) is 58.5 Å². The highest BCUT2D eigenvalue weighted by Crippen LogP contribution is 2.45. The van der Waals surface area contributed by atoms with Gasteiger partial charge in [0.15, 0.2) is 0 Å². The van der Waals surface area contributed by atoms with Crippen molar-refractivity contribution in [1.82, 2.24) is 20.5 Å². The van der Waals surface area contributed by atoms with E-state index in [4.69, 9.17) is 37.7 Å². The number of carboxylic acid groups (broad SMARTS) is 1. The van der Waals surface area contributed by atoms with E-state index in [2.05, 4.69) is 45.1 Å². The number of likely N-dealkylation sites (tertiary alicyclic amines) is 1. The molecule has 0 spiro atoms. The van der Waals surface area contributed by atoms with Crippen LogP contribution in [0.2, 0.25) is 10.0 Å². The van der Waals surface area contributed by atoms with Gasteiger partial charge in [0.25, 0.3) is 0 Å². The van der Waals surface area contributed by atoms with Gasteiger partial charge in [-0.3, -0.25) is 14.5 Å². The molecule has 3 aromatic carbocycles. The Bertz CT molecular complexity index is 2040. The van der Waals surface area contributed by atoms with Crippen molar-refractivity contribution in [2.24, 2.45) is 5.41 Å². The quantitative estimate of drug-likeness (QED) is 0.110. The highest BCUT2D eigenvalue weighted by molar-refractivity contribution is 6.36. The summed E-state index contributed by atoms with van der Waals surface area (Å²) in [6.45, 7) is 4.81. The number of aliphatic carboxylic acids is 1. The van der Waals surface area contributed by atoms with Crippen LogP contribution in [0.5, 0.6) is 11.6 Å². The Hall–Kier alpha value is -4.35. The van der Waals surface area contributed by atoms with Crippen LogP contribution in [-0.4, -0.2) is 66.8 Å². The Balaban J connectivity index is 1.08. The molecule has 10 nitrogen and oxygen atoms in total. The molecule has 3 aliphatic rings. The van der Waals surface area contributed by atoms with Crippen molar-refractivity contribution in [1.29, 1.82) is 0 Å². The van der Waals surface area contributed by atoms with Gasteiger partial charge in [-0.25, -0.2) is 4.98 Å². The Kier molecular flexibility index (Phi) is 10.9. The summed E-state index contributed by atoms with van der Waals surface area (Å²) in [4.78, 5) is 30.3. The Morgan fingerprint density at radius 2 is 1.81 bits per heavy atom. The van der Waals surface area contributed by atoms with E-state index >= 15 is 0 Å². The van der Waals surface area contributed by atoms with Crippen LogP contribution in [0, 0.1) is 5.41 Å². The Morgan fingerprint density at radius 1 is 1.02 bits per heavy atom. The molecule has 1 aromatic heterocycles. The van der Waals surface area contributed by atoms with E-state index in [1.54, 1.807) is 21.1 Å². The lowest BCUT2D eigenvalue weighted by Crippen LogP contribution is -2.35. The number of rotatable bonds is 13. The number of amides is 1. The number of carbonyl (C=O) groups is 2. The number of nitrogens with zero attached hydrogens (tertiary/aromatic N) is 2. The second kappa shape index (κ2) is 15.6. The first kappa shape index (κ1) is 37.0. The number of fused-ring (bicyclic) bond motifs is 1. The molecule has 0 unspecified atom stereocenters. The summed E-state index contributed by atoms with van der Waals surface area (Å²) in [5.74, 6) is 0.584. The van der Waals surface area contributed by atoms with Crippen LogP contribution in [0.1, 0.15) is 60.9 Å². The van der Waals surface area contributed by atoms with Crippen molar-refractivity contribution < 1.29 is 24.2 Å². The second-order valence-corrected chi connectivity index (χ2v) is 15.3. The standard InChI is InChI=1S/C41H45Cl2N5O5/c1-41(40(50)51)16-17-48(23-41)22-25-18-32(42)35(19-36(25)52-2)46-33-14-12-28-27(6-4-7-29(28)33)30-8-5-9-31(38(30)43)34-13-10-24(39(47-34)53-3)20-44-21-26-11-15-37(49)45-26/h4-10,13,18-19,26,33,44,46H,11-12,14-17,20-23H2,1-3H3,(H,45,49)(H,50,51)/t26-,33-,41+/m0/s1. The molecule has 0 saturated carbocycles. The first-order valence-electron chi connectivity index (χ1n) is 18.1. The number of anilines is 1. The van der Waals surface area contributed by atoms with Crippen molar-refractivity contribution in [2.75, 3.05) is 39.2 Å². The van der Waals surface area contributed by atoms with Crippen LogP contribution in [0.15, 0.2) is 60.7 Å². The number of ether oxygens (including phenoxy) is 2. The monoisotopic (exact) mass is 757 g/mol. The van der Waals surface area contributed by atoms with Crippen LogP contribution in [0.25, 0.3) is 22.4 Å². The maximum absolute atomic E-state index is 11.8. The van der Waals surface area contributed by atoms with Gasteiger partial charge in [-0.2, -0.15) is 0 Å². The largest absolute Gasteiger partial charge is 0.496 e. The maximum Gasteiger partial charge on any atom is 0.310 e. The molecule has 278 valence electrons. The maximum atomic E-state index is 11.8. The molecule has 2 aliphatic heterocycles. The van der Waals surface area contributed by atoms with Gasteiger partial charge in [0, 0.05) is 67.0 Å². The minimum atomic E-state index is -0.763. The van der Waals surface area contributed by atoms with Gasteiger partial charge in [0.2, 0.25) is 11.8 Å². The number of hydrogen-bond acceptors (Lipinski definition) is 8. The molecule has 0 radical (unpaired) electrons. The Labute approximate surface area is 320 Å². The van der Waals surface area contributed by atoms with E-state index in [0.29, 0.717) is 67.2 Å². The van der Waals surface area contributed by atoms with E-state index in [1.807, 2.05) is 36.4 Å². The topological polar surface area (TPSA) is 125 Å². The van der Waals surface area contributed by atoms with Crippen molar-refractivity contribution in [2.45, 2.75) is 64.2 Å². The van der Waals surface area contributed by atoms with Crippen LogP contribution < -0.4 is 25.4 Å². The van der Waals surface area contributed by atoms with Gasteiger partial charge >= 0.3 is 5.97 Å². The predicted octanol–water partition coefficient (Wildman–Crippen LogP) is 7.50. The summed E-state index contributed by atoms with van der Waals surface area (Å²) >= 11 is 14.1. The van der Waals surface area contributed by atoms with Gasteiger partial charge < -0.3 is 30.5 Å². The minimum absolute atomic E-state index is 0.0341. The van der Waals surface area contributed by atoms with Crippen molar-refractivity contribution in [3.05, 3.63) is 93.0 Å². The fourth-order valence-corrected chi connectivity index (χ4v) is 8.52. The fraction of sp³-hybridized carbons (Fsp3) is 0.390. The highest BCUT2D eigenvalue weighted by atomic mass is 35.5. The minimum Gasteiger partial charge on any atom is -0.496 e. The molecule has 3 heterocycles. The average Bonchev–Trinajstić information content (AvgIpc) is 3.88. The number of halogens is 2. The summed E-state index contributed by atoms with van der Waals surface area (Å²) in [5, 5.41) is 21.0. The molecule has 7 rings (SSSR count). The molecule has 4 aromatic rings. The summed E-state index contributed by atoms with van der Waals surface area (Å²) in [5.41, 5.74) is 7.90. The third-order valence-electron chi connectivity index (χ3n) is 10.9. The molecule has 3 atom stereocenters. The summed E-state index contributed by atoms with van der Waals surface area (Å²) in [7, 11) is 3.27. The number of aromatic nitrogens is 1. The first-order valence-corrected chi connectivity index (χ1v) is 18.9. The Morgan fingerprint density at radius 3 is 2.55 bits per heavy atom. The summed E-state index contributed by atoms with van der Waals surface area (Å²) < 4.78 is 11.5. The predicted molar refractivity (Wildman–Crippen MR) is 208 cm³/mol. The van der Waals surface area contributed by atoms with Gasteiger partial charge in [0.05, 0.1) is 47.1 Å². The number of pyridine rings is 1. The van der Waals surface area contributed by atoms with E-state index < -0.39 is 11.4 Å². The zero-order valence-corrected chi connectivity index (χ0v) is 31.7.